The maximum Gasteiger partial charge on any atom is 0.416 e. The average Bonchev–Trinajstić information content (AvgIpc) is 2.70. The Bertz CT molecular complexity index is 617. The second-order valence-corrected chi connectivity index (χ2v) is 3.72. The number of alkyl halides is 3. The largest absolute Gasteiger partial charge is 0.476 e. The van der Waals surface area contributed by atoms with Gasteiger partial charge in [0.2, 0.25) is 0 Å². The summed E-state index contributed by atoms with van der Waals surface area (Å²) in [4.78, 5) is 10.7. The van der Waals surface area contributed by atoms with Crippen LogP contribution in [-0.4, -0.2) is 20.9 Å². The van der Waals surface area contributed by atoms with Crippen LogP contribution >= 0.6 is 0 Å². The Morgan fingerprint density at radius 3 is 2.26 bits per heavy atom. The molecule has 1 aromatic carbocycles. The molecule has 19 heavy (non-hydrogen) atoms. The first kappa shape index (κ1) is 12.9. The van der Waals surface area contributed by atoms with Gasteiger partial charge < -0.3 is 10.8 Å². The average molecular weight is 271 g/mol. The molecule has 0 radical (unpaired) electrons. The Morgan fingerprint density at radius 2 is 1.84 bits per heavy atom. The molecule has 2 rings (SSSR count). The lowest BCUT2D eigenvalue weighted by Gasteiger charge is -2.08. The monoisotopic (exact) mass is 271 g/mol. The fraction of sp³-hybridized carbons (Fsp3) is 0.0909. The van der Waals surface area contributed by atoms with Crippen LogP contribution in [-0.2, 0) is 6.18 Å². The van der Waals surface area contributed by atoms with Crippen LogP contribution < -0.4 is 5.73 Å². The minimum Gasteiger partial charge on any atom is -0.476 e. The van der Waals surface area contributed by atoms with Crippen LogP contribution in [0.25, 0.3) is 5.69 Å². The predicted octanol–water partition coefficient (Wildman–Crippen LogP) is 2.17. The van der Waals surface area contributed by atoms with Gasteiger partial charge in [0.15, 0.2) is 5.69 Å². The highest BCUT2D eigenvalue weighted by atomic mass is 19.4. The summed E-state index contributed by atoms with van der Waals surface area (Å²) in [6.45, 7) is 0. The first-order valence-corrected chi connectivity index (χ1v) is 5.05. The van der Waals surface area contributed by atoms with E-state index in [0.717, 1.165) is 35.0 Å². The Morgan fingerprint density at radius 1 is 1.26 bits per heavy atom. The number of nitrogen functional groups attached to an aromatic ring is 1. The molecule has 100 valence electrons. The van der Waals surface area contributed by atoms with Crippen LogP contribution in [0, 0.1) is 0 Å². The molecule has 0 spiro atoms. The van der Waals surface area contributed by atoms with E-state index in [-0.39, 0.29) is 17.2 Å². The number of carbonyl (C=O) groups is 1. The standard InChI is InChI=1S/C11H8F3N3O2/c12-11(13,14)6-1-3-7(4-2-6)17-9(15)5-8(16-17)10(18)19/h1-5H,15H2,(H,18,19). The lowest BCUT2D eigenvalue weighted by Crippen LogP contribution is -2.07. The minimum absolute atomic E-state index is 0.0251. The van der Waals surface area contributed by atoms with Crippen LogP contribution in [0.1, 0.15) is 16.1 Å². The van der Waals surface area contributed by atoms with E-state index >= 15 is 0 Å². The molecule has 8 heteroatoms. The number of benzene rings is 1. The third kappa shape index (κ3) is 2.51. The predicted molar refractivity (Wildman–Crippen MR) is 59.9 cm³/mol. The van der Waals surface area contributed by atoms with E-state index in [9.17, 15) is 18.0 Å². The number of nitrogens with two attached hydrogens (primary N) is 1. The van der Waals surface area contributed by atoms with Gasteiger partial charge in [-0.25, -0.2) is 9.48 Å². The van der Waals surface area contributed by atoms with E-state index in [2.05, 4.69) is 5.10 Å². The summed E-state index contributed by atoms with van der Waals surface area (Å²) in [7, 11) is 0. The highest BCUT2D eigenvalue weighted by Gasteiger charge is 2.30. The van der Waals surface area contributed by atoms with E-state index < -0.39 is 17.7 Å². The molecule has 0 amide bonds. The molecular formula is C11H8F3N3O2. The maximum absolute atomic E-state index is 12.4. The fourth-order valence-corrected chi connectivity index (χ4v) is 1.50. The number of hydrogen-bond donors (Lipinski definition) is 2. The number of aromatic nitrogens is 2. The molecule has 0 atom stereocenters. The Hall–Kier alpha value is -2.51. The normalized spacial score (nSPS) is 11.5. The van der Waals surface area contributed by atoms with Gasteiger partial charge in [-0.1, -0.05) is 0 Å². The lowest BCUT2D eigenvalue weighted by atomic mass is 10.2. The smallest absolute Gasteiger partial charge is 0.416 e. The van der Waals surface area contributed by atoms with Crippen molar-refractivity contribution in [2.75, 3.05) is 5.73 Å². The molecule has 0 aliphatic heterocycles. The summed E-state index contributed by atoms with van der Waals surface area (Å²) in [5.74, 6) is -1.24. The van der Waals surface area contributed by atoms with E-state index in [1.165, 1.54) is 0 Å². The van der Waals surface area contributed by atoms with Crippen LogP contribution in [0.2, 0.25) is 0 Å². The van der Waals surface area contributed by atoms with Crippen molar-refractivity contribution in [3.05, 3.63) is 41.6 Å². The molecule has 0 saturated heterocycles. The van der Waals surface area contributed by atoms with Gasteiger partial charge in [0.05, 0.1) is 11.3 Å². The van der Waals surface area contributed by atoms with Gasteiger partial charge in [-0.2, -0.15) is 18.3 Å². The quantitative estimate of drug-likeness (QED) is 0.877. The van der Waals surface area contributed by atoms with Crippen molar-refractivity contribution in [2.45, 2.75) is 6.18 Å². The zero-order chi connectivity index (χ0) is 14.2. The van der Waals surface area contributed by atoms with E-state index in [0.29, 0.717) is 0 Å². The van der Waals surface area contributed by atoms with Crippen LogP contribution in [0.5, 0.6) is 0 Å². The molecular weight excluding hydrogens is 263 g/mol. The lowest BCUT2D eigenvalue weighted by molar-refractivity contribution is -0.137. The van der Waals surface area contributed by atoms with E-state index in [4.69, 9.17) is 10.8 Å². The zero-order valence-electron chi connectivity index (χ0n) is 9.35. The van der Waals surface area contributed by atoms with Gasteiger partial charge in [-0.15, -0.1) is 0 Å². The van der Waals surface area contributed by atoms with Gasteiger partial charge >= 0.3 is 12.1 Å². The molecule has 3 N–H and O–H groups in total. The van der Waals surface area contributed by atoms with Crippen LogP contribution in [0.3, 0.4) is 0 Å². The van der Waals surface area contributed by atoms with Crippen molar-refractivity contribution >= 4 is 11.8 Å². The zero-order valence-corrected chi connectivity index (χ0v) is 9.35. The highest BCUT2D eigenvalue weighted by molar-refractivity contribution is 5.86. The minimum atomic E-state index is -4.43. The molecule has 0 aliphatic carbocycles. The number of rotatable bonds is 2. The van der Waals surface area contributed by atoms with Crippen molar-refractivity contribution in [1.82, 2.24) is 9.78 Å². The van der Waals surface area contributed by atoms with Crippen molar-refractivity contribution in [3.8, 4) is 5.69 Å². The number of carboxylic acids is 1. The highest BCUT2D eigenvalue weighted by Crippen LogP contribution is 2.29. The summed E-state index contributed by atoms with van der Waals surface area (Å²) < 4.78 is 38.2. The van der Waals surface area contributed by atoms with E-state index in [1.54, 1.807) is 0 Å². The first-order chi connectivity index (χ1) is 8.79. The molecule has 0 fully saturated rings. The van der Waals surface area contributed by atoms with E-state index in [1.807, 2.05) is 0 Å². The molecule has 0 aliphatic rings. The second-order valence-electron chi connectivity index (χ2n) is 3.72. The summed E-state index contributed by atoms with van der Waals surface area (Å²) >= 11 is 0. The molecule has 0 bridgehead atoms. The second kappa shape index (κ2) is 4.30. The molecule has 1 aromatic heterocycles. The van der Waals surface area contributed by atoms with Crippen molar-refractivity contribution in [1.29, 1.82) is 0 Å². The summed E-state index contributed by atoms with van der Waals surface area (Å²) in [6, 6.07) is 5.20. The Labute approximate surface area is 105 Å². The number of carboxylic acid groups (broad SMARTS) is 1. The third-order valence-corrected chi connectivity index (χ3v) is 2.40. The van der Waals surface area contributed by atoms with Crippen LogP contribution in [0.4, 0.5) is 19.0 Å². The summed E-state index contributed by atoms with van der Waals surface area (Å²) in [5.41, 5.74) is 4.71. The van der Waals surface area contributed by atoms with Gasteiger partial charge in [-0.05, 0) is 24.3 Å². The number of halogens is 3. The van der Waals surface area contributed by atoms with Gasteiger partial charge in [0.25, 0.3) is 0 Å². The number of hydrogen-bond acceptors (Lipinski definition) is 3. The Kier molecular flexibility index (Phi) is 2.93. The molecule has 0 unspecified atom stereocenters. The SMILES string of the molecule is Nc1cc(C(=O)O)nn1-c1ccc(C(F)(F)F)cc1. The number of anilines is 1. The molecule has 0 saturated carbocycles. The van der Waals surface area contributed by atoms with Gasteiger partial charge in [0, 0.05) is 6.07 Å². The third-order valence-electron chi connectivity index (χ3n) is 2.40. The molecule has 2 aromatic rings. The van der Waals surface area contributed by atoms with Crippen molar-refractivity contribution in [3.63, 3.8) is 0 Å². The summed E-state index contributed by atoms with van der Waals surface area (Å²) in [5, 5.41) is 12.4. The maximum atomic E-state index is 12.4. The topological polar surface area (TPSA) is 81.1 Å². The number of aromatic carboxylic acids is 1. The van der Waals surface area contributed by atoms with Gasteiger partial charge in [-0.3, -0.25) is 0 Å². The molecule has 1 heterocycles. The van der Waals surface area contributed by atoms with Crippen molar-refractivity contribution in [2.24, 2.45) is 0 Å². The molecule has 5 nitrogen and oxygen atoms in total. The Balaban J connectivity index is 2.40. The summed E-state index contributed by atoms with van der Waals surface area (Å²) in [6.07, 6.45) is -4.43. The first-order valence-electron chi connectivity index (χ1n) is 5.05. The van der Waals surface area contributed by atoms with Crippen molar-refractivity contribution < 1.29 is 23.1 Å². The number of nitrogens with zero attached hydrogens (tertiary/aromatic N) is 2. The van der Waals surface area contributed by atoms with Crippen LogP contribution in [0.15, 0.2) is 30.3 Å². The fourth-order valence-electron chi connectivity index (χ4n) is 1.50. The van der Waals surface area contributed by atoms with Gasteiger partial charge in [0.1, 0.15) is 5.82 Å².